The van der Waals surface area contributed by atoms with E-state index in [1.165, 1.54) is 0 Å². The average Bonchev–Trinajstić information content (AvgIpc) is 2.30. The van der Waals surface area contributed by atoms with E-state index in [1.807, 2.05) is 0 Å². The lowest BCUT2D eigenvalue weighted by Gasteiger charge is -2.38. The number of benzene rings is 1. The van der Waals surface area contributed by atoms with E-state index in [2.05, 4.69) is 0 Å². The first-order valence-corrected chi connectivity index (χ1v) is 4.59. The number of halogens is 3. The van der Waals surface area contributed by atoms with Crippen molar-refractivity contribution in [2.75, 3.05) is 19.6 Å². The molecule has 1 saturated heterocycles. The van der Waals surface area contributed by atoms with E-state index in [0.29, 0.717) is 12.1 Å². The minimum atomic E-state index is -2.85. The number of hydrogen-bond donors (Lipinski definition) is 0. The van der Waals surface area contributed by atoms with Crippen molar-refractivity contribution in [2.24, 2.45) is 0 Å². The zero-order valence-corrected chi connectivity index (χ0v) is 8.14. The van der Waals surface area contributed by atoms with E-state index < -0.39 is 42.7 Å². The molecule has 2 nitrogen and oxygen atoms in total. The van der Waals surface area contributed by atoms with Crippen molar-refractivity contribution in [1.82, 2.24) is 4.90 Å². The van der Waals surface area contributed by atoms with Crippen LogP contribution in [-0.4, -0.2) is 30.6 Å². The Kier molecular flexibility index (Phi) is 1.76. The van der Waals surface area contributed by atoms with Gasteiger partial charge < -0.3 is 4.74 Å². The summed E-state index contributed by atoms with van der Waals surface area (Å²) in [6.07, 6.45) is -0.812. The van der Waals surface area contributed by atoms with Crippen molar-refractivity contribution >= 4 is 0 Å². The SMILES string of the molecule is [2H]C([2H])([2H])C([2H])([2H])N1CC(Oc2c(F)ccc(F)c2F)C1. The van der Waals surface area contributed by atoms with Crippen molar-refractivity contribution < 1.29 is 24.8 Å². The van der Waals surface area contributed by atoms with Gasteiger partial charge in [-0.3, -0.25) is 4.90 Å². The smallest absolute Gasteiger partial charge is 0.203 e. The third kappa shape index (κ3) is 2.00. The number of likely N-dealkylation sites (N-methyl/N-ethyl adjacent to an activating group) is 1. The Balaban J connectivity index is 2.03. The van der Waals surface area contributed by atoms with Gasteiger partial charge >= 0.3 is 0 Å². The molecule has 1 aromatic carbocycles. The summed E-state index contributed by atoms with van der Waals surface area (Å²) < 4.78 is 80.9. The Morgan fingerprint density at radius 1 is 1.44 bits per heavy atom. The van der Waals surface area contributed by atoms with E-state index >= 15 is 0 Å². The summed E-state index contributed by atoms with van der Waals surface area (Å²) in [6.45, 7) is -5.75. The quantitative estimate of drug-likeness (QED) is 0.746. The van der Waals surface area contributed by atoms with Crippen LogP contribution in [0.2, 0.25) is 0 Å². The Morgan fingerprint density at radius 3 is 2.81 bits per heavy atom. The second-order valence-electron chi connectivity index (χ2n) is 3.43. The molecule has 2 rings (SSSR count). The highest BCUT2D eigenvalue weighted by atomic mass is 19.2. The zero-order chi connectivity index (χ0) is 16.0. The standard InChI is InChI=1S/C11H12F3NO/c1-2-15-5-7(6-15)16-11-9(13)4-3-8(12)10(11)14/h3-4,7H,2,5-6H2,1H3/i1D3,2D2. The molecule has 0 radical (unpaired) electrons. The summed E-state index contributed by atoms with van der Waals surface area (Å²) in [5.41, 5.74) is 0. The van der Waals surface area contributed by atoms with E-state index in [9.17, 15) is 13.2 Å². The predicted octanol–water partition coefficient (Wildman–Crippen LogP) is 2.19. The Labute approximate surface area is 98.6 Å². The maximum absolute atomic E-state index is 13.4. The topological polar surface area (TPSA) is 12.5 Å². The molecular formula is C11H12F3NO. The minimum Gasteiger partial charge on any atom is -0.482 e. The lowest BCUT2D eigenvalue weighted by molar-refractivity contribution is 0.0184. The molecule has 1 fully saturated rings. The summed E-state index contributed by atoms with van der Waals surface area (Å²) in [6, 6.07) is 1.34. The Morgan fingerprint density at radius 2 is 2.12 bits per heavy atom. The van der Waals surface area contributed by atoms with Gasteiger partial charge in [0.15, 0.2) is 17.4 Å². The fourth-order valence-electron chi connectivity index (χ4n) is 1.39. The molecule has 0 spiro atoms. The molecule has 1 aromatic rings. The van der Waals surface area contributed by atoms with Crippen LogP contribution in [0.15, 0.2) is 12.1 Å². The van der Waals surface area contributed by atoms with Crippen LogP contribution < -0.4 is 4.74 Å². The van der Waals surface area contributed by atoms with Gasteiger partial charge in [-0.25, -0.2) is 8.78 Å². The zero-order valence-electron chi connectivity index (χ0n) is 13.1. The normalized spacial score (nSPS) is 23.6. The van der Waals surface area contributed by atoms with E-state index in [4.69, 9.17) is 11.6 Å². The molecule has 16 heavy (non-hydrogen) atoms. The first-order chi connectivity index (χ1) is 9.54. The van der Waals surface area contributed by atoms with Crippen LogP contribution in [0.25, 0.3) is 0 Å². The average molecular weight is 236 g/mol. The van der Waals surface area contributed by atoms with Crippen LogP contribution in [0.3, 0.4) is 0 Å². The molecule has 0 aromatic heterocycles. The van der Waals surface area contributed by atoms with Gasteiger partial charge in [0, 0.05) is 19.9 Å². The molecule has 0 atom stereocenters. The molecule has 1 aliphatic heterocycles. The third-order valence-electron chi connectivity index (χ3n) is 2.29. The first kappa shape index (κ1) is 6.49. The summed E-state index contributed by atoms with van der Waals surface area (Å²) in [5, 5.41) is 0. The highest BCUT2D eigenvalue weighted by Gasteiger charge is 2.29. The van der Waals surface area contributed by atoms with Crippen molar-refractivity contribution in [3.05, 3.63) is 29.6 Å². The maximum atomic E-state index is 13.4. The van der Waals surface area contributed by atoms with Crippen LogP contribution in [-0.2, 0) is 0 Å². The number of likely N-dealkylation sites (tertiary alicyclic amines) is 1. The number of ether oxygens (including phenoxy) is 1. The van der Waals surface area contributed by atoms with Gasteiger partial charge in [-0.05, 0) is 18.6 Å². The van der Waals surface area contributed by atoms with E-state index in [0.717, 1.165) is 4.90 Å². The van der Waals surface area contributed by atoms with Gasteiger partial charge in [-0.2, -0.15) is 4.39 Å². The highest BCUT2D eigenvalue weighted by molar-refractivity contribution is 5.27. The Bertz CT molecular complexity index is 545. The molecule has 5 heteroatoms. The largest absolute Gasteiger partial charge is 0.482 e. The molecule has 88 valence electrons. The molecule has 0 amide bonds. The number of rotatable bonds is 3. The second kappa shape index (κ2) is 4.33. The molecular weight excluding hydrogens is 219 g/mol. The molecule has 0 N–H and O–H groups in total. The van der Waals surface area contributed by atoms with Gasteiger partial charge in [0.25, 0.3) is 0 Å². The van der Waals surface area contributed by atoms with Crippen LogP contribution in [0.4, 0.5) is 13.2 Å². The van der Waals surface area contributed by atoms with Crippen molar-refractivity contribution in [2.45, 2.75) is 13.0 Å². The second-order valence-corrected chi connectivity index (χ2v) is 3.43. The molecule has 0 saturated carbocycles. The lowest BCUT2D eigenvalue weighted by atomic mass is 10.1. The van der Waals surface area contributed by atoms with Gasteiger partial charge in [0.05, 0.1) is 0 Å². The van der Waals surface area contributed by atoms with Gasteiger partial charge in [0.2, 0.25) is 5.82 Å². The van der Waals surface area contributed by atoms with E-state index in [-0.39, 0.29) is 13.1 Å². The number of nitrogens with zero attached hydrogens (tertiary/aromatic N) is 1. The highest BCUT2D eigenvalue weighted by Crippen LogP contribution is 2.26. The van der Waals surface area contributed by atoms with Crippen molar-refractivity contribution in [3.63, 3.8) is 0 Å². The van der Waals surface area contributed by atoms with Crippen LogP contribution in [0, 0.1) is 17.5 Å². The maximum Gasteiger partial charge on any atom is 0.203 e. The van der Waals surface area contributed by atoms with Gasteiger partial charge in [-0.1, -0.05) is 6.85 Å². The fourth-order valence-corrected chi connectivity index (χ4v) is 1.39. The van der Waals surface area contributed by atoms with Crippen LogP contribution in [0.1, 0.15) is 13.7 Å². The fraction of sp³-hybridized carbons (Fsp3) is 0.455. The summed E-state index contributed by atoms with van der Waals surface area (Å²) in [7, 11) is 0. The summed E-state index contributed by atoms with van der Waals surface area (Å²) in [5.74, 6) is -4.69. The predicted molar refractivity (Wildman–Crippen MR) is 52.8 cm³/mol. The van der Waals surface area contributed by atoms with Gasteiger partial charge in [0.1, 0.15) is 6.10 Å². The summed E-state index contributed by atoms with van der Waals surface area (Å²) >= 11 is 0. The third-order valence-corrected chi connectivity index (χ3v) is 2.29. The monoisotopic (exact) mass is 236 g/mol. The Hall–Kier alpha value is -1.23. The van der Waals surface area contributed by atoms with Crippen LogP contribution in [0.5, 0.6) is 5.75 Å². The first-order valence-electron chi connectivity index (χ1n) is 7.09. The van der Waals surface area contributed by atoms with Crippen LogP contribution >= 0.6 is 0 Å². The molecule has 0 unspecified atom stereocenters. The molecule has 0 aliphatic carbocycles. The lowest BCUT2D eigenvalue weighted by Crippen LogP contribution is -2.53. The number of hydrogen-bond acceptors (Lipinski definition) is 2. The van der Waals surface area contributed by atoms with E-state index in [1.54, 1.807) is 0 Å². The summed E-state index contributed by atoms with van der Waals surface area (Å²) in [4.78, 5) is 0.972. The van der Waals surface area contributed by atoms with Crippen molar-refractivity contribution in [1.29, 1.82) is 0 Å². The molecule has 0 bridgehead atoms. The minimum absolute atomic E-state index is 0.166. The molecule has 1 heterocycles. The van der Waals surface area contributed by atoms with Crippen molar-refractivity contribution in [3.8, 4) is 5.75 Å². The van der Waals surface area contributed by atoms with Gasteiger partial charge in [-0.15, -0.1) is 0 Å². The molecule has 1 aliphatic rings.